The van der Waals surface area contributed by atoms with E-state index in [0.717, 1.165) is 6.07 Å². The van der Waals surface area contributed by atoms with E-state index in [1.807, 2.05) is 0 Å². The van der Waals surface area contributed by atoms with Gasteiger partial charge in [-0.2, -0.15) is 0 Å². The van der Waals surface area contributed by atoms with Gasteiger partial charge in [-0.05, 0) is 23.6 Å². The SMILES string of the molecule is [N-]=[N+]=NCC1CC(=O)N(c2cc(Br)cc(F)c2O)C1. The number of carbonyl (C=O) groups excluding carboxylic acids is 1. The lowest BCUT2D eigenvalue weighted by Gasteiger charge is -2.18. The van der Waals surface area contributed by atoms with Crippen molar-refractivity contribution in [1.82, 2.24) is 0 Å². The molecule has 0 radical (unpaired) electrons. The van der Waals surface area contributed by atoms with Crippen LogP contribution in [0.4, 0.5) is 10.1 Å². The van der Waals surface area contributed by atoms with E-state index in [2.05, 4.69) is 26.0 Å². The van der Waals surface area contributed by atoms with Crippen LogP contribution in [0.15, 0.2) is 21.7 Å². The maximum atomic E-state index is 13.4. The van der Waals surface area contributed by atoms with Crippen LogP contribution in [-0.2, 0) is 4.79 Å². The quantitative estimate of drug-likeness (QED) is 0.525. The van der Waals surface area contributed by atoms with Gasteiger partial charge in [-0.3, -0.25) is 4.79 Å². The van der Waals surface area contributed by atoms with E-state index in [1.165, 1.54) is 11.0 Å². The Morgan fingerprint density at radius 3 is 3.05 bits per heavy atom. The van der Waals surface area contributed by atoms with Gasteiger partial charge in [-0.25, -0.2) is 4.39 Å². The number of anilines is 1. The number of hydrogen-bond donors (Lipinski definition) is 1. The topological polar surface area (TPSA) is 89.3 Å². The third-order valence-corrected chi connectivity index (χ3v) is 3.36. The first-order valence-electron chi connectivity index (χ1n) is 5.52. The Balaban J connectivity index is 2.28. The zero-order valence-electron chi connectivity index (χ0n) is 9.75. The smallest absolute Gasteiger partial charge is 0.227 e. The predicted octanol–water partition coefficient (Wildman–Crippen LogP) is 2.96. The first kappa shape index (κ1) is 13.6. The lowest BCUT2D eigenvalue weighted by Crippen LogP contribution is -2.25. The summed E-state index contributed by atoms with van der Waals surface area (Å²) in [7, 11) is 0. The molecule has 1 unspecified atom stereocenters. The molecule has 1 heterocycles. The molecule has 100 valence electrons. The van der Waals surface area contributed by atoms with Crippen molar-refractivity contribution in [3.8, 4) is 5.75 Å². The fourth-order valence-corrected chi connectivity index (χ4v) is 2.46. The van der Waals surface area contributed by atoms with Crippen molar-refractivity contribution in [1.29, 1.82) is 0 Å². The Kier molecular flexibility index (Phi) is 3.92. The molecule has 0 aliphatic carbocycles. The summed E-state index contributed by atoms with van der Waals surface area (Å²) in [6.07, 6.45) is 0.215. The summed E-state index contributed by atoms with van der Waals surface area (Å²) in [5.74, 6) is -1.70. The average Bonchev–Trinajstić information content (AvgIpc) is 2.72. The first-order valence-corrected chi connectivity index (χ1v) is 6.31. The van der Waals surface area contributed by atoms with Crippen LogP contribution in [0.25, 0.3) is 10.4 Å². The van der Waals surface area contributed by atoms with Crippen LogP contribution in [-0.4, -0.2) is 24.1 Å². The Hall–Kier alpha value is -1.79. The highest BCUT2D eigenvalue weighted by molar-refractivity contribution is 9.10. The molecule has 1 aliphatic rings. The molecule has 1 saturated heterocycles. The third-order valence-electron chi connectivity index (χ3n) is 2.91. The number of nitrogens with zero attached hydrogens (tertiary/aromatic N) is 4. The summed E-state index contributed by atoms with van der Waals surface area (Å²) in [6, 6.07) is 2.60. The molecular weight excluding hydrogens is 319 g/mol. The molecule has 2 rings (SSSR count). The summed E-state index contributed by atoms with van der Waals surface area (Å²) in [4.78, 5) is 15.8. The Morgan fingerprint density at radius 1 is 1.63 bits per heavy atom. The van der Waals surface area contributed by atoms with Gasteiger partial charge in [-0.15, -0.1) is 0 Å². The molecule has 1 aliphatic heterocycles. The highest BCUT2D eigenvalue weighted by Crippen LogP contribution is 2.36. The molecule has 1 amide bonds. The Labute approximate surface area is 116 Å². The summed E-state index contributed by atoms with van der Waals surface area (Å²) in [5.41, 5.74) is 8.38. The van der Waals surface area contributed by atoms with Crippen LogP contribution in [0.1, 0.15) is 6.42 Å². The van der Waals surface area contributed by atoms with E-state index >= 15 is 0 Å². The van der Waals surface area contributed by atoms with Crippen molar-refractivity contribution in [2.24, 2.45) is 11.0 Å². The van der Waals surface area contributed by atoms with Gasteiger partial charge in [0.15, 0.2) is 11.6 Å². The van der Waals surface area contributed by atoms with Gasteiger partial charge in [0.25, 0.3) is 0 Å². The number of carbonyl (C=O) groups is 1. The van der Waals surface area contributed by atoms with Crippen molar-refractivity contribution in [2.75, 3.05) is 18.0 Å². The van der Waals surface area contributed by atoms with Crippen LogP contribution in [0.3, 0.4) is 0 Å². The minimum Gasteiger partial charge on any atom is -0.503 e. The minimum atomic E-state index is -0.796. The lowest BCUT2D eigenvalue weighted by molar-refractivity contribution is -0.117. The van der Waals surface area contributed by atoms with E-state index in [9.17, 15) is 14.3 Å². The van der Waals surface area contributed by atoms with E-state index < -0.39 is 11.6 Å². The van der Waals surface area contributed by atoms with Crippen LogP contribution < -0.4 is 4.90 Å². The van der Waals surface area contributed by atoms with Crippen molar-refractivity contribution >= 4 is 27.5 Å². The number of halogens is 2. The molecule has 6 nitrogen and oxygen atoms in total. The molecule has 8 heteroatoms. The summed E-state index contributed by atoms with van der Waals surface area (Å²) in [5, 5.41) is 13.1. The molecule has 1 N–H and O–H groups in total. The Morgan fingerprint density at radius 2 is 2.37 bits per heavy atom. The Bertz CT molecular complexity index is 574. The van der Waals surface area contributed by atoms with Gasteiger partial charge in [0.1, 0.15) is 0 Å². The minimum absolute atomic E-state index is 0.121. The molecule has 0 aromatic heterocycles. The molecular formula is C11H10BrFN4O2. The molecule has 1 atom stereocenters. The molecule has 0 saturated carbocycles. The summed E-state index contributed by atoms with van der Waals surface area (Å²) in [6.45, 7) is 0.497. The molecule has 1 aromatic carbocycles. The highest BCUT2D eigenvalue weighted by atomic mass is 79.9. The lowest BCUT2D eigenvalue weighted by atomic mass is 10.1. The van der Waals surface area contributed by atoms with Gasteiger partial charge in [-0.1, -0.05) is 21.0 Å². The monoisotopic (exact) mass is 328 g/mol. The van der Waals surface area contributed by atoms with Crippen molar-refractivity contribution in [3.05, 3.63) is 32.9 Å². The number of amides is 1. The van der Waals surface area contributed by atoms with Crippen molar-refractivity contribution in [3.63, 3.8) is 0 Å². The van der Waals surface area contributed by atoms with E-state index in [1.54, 1.807) is 0 Å². The molecule has 19 heavy (non-hydrogen) atoms. The second-order valence-electron chi connectivity index (χ2n) is 4.24. The molecule has 0 spiro atoms. The molecule has 1 fully saturated rings. The van der Waals surface area contributed by atoms with E-state index in [0.29, 0.717) is 11.0 Å². The number of benzene rings is 1. The maximum Gasteiger partial charge on any atom is 0.227 e. The van der Waals surface area contributed by atoms with Gasteiger partial charge in [0.2, 0.25) is 5.91 Å². The molecule has 0 bridgehead atoms. The van der Waals surface area contributed by atoms with Gasteiger partial charge >= 0.3 is 0 Å². The highest BCUT2D eigenvalue weighted by Gasteiger charge is 2.32. The largest absolute Gasteiger partial charge is 0.503 e. The molecule has 1 aromatic rings. The number of rotatable bonds is 3. The standard InChI is InChI=1S/C11H10BrFN4O2/c12-7-2-8(13)11(19)9(3-7)17-5-6(1-10(17)18)4-15-16-14/h2-3,6,19H,1,4-5H2. The number of hydrogen-bond acceptors (Lipinski definition) is 3. The van der Waals surface area contributed by atoms with Crippen molar-refractivity contribution in [2.45, 2.75) is 6.42 Å². The fourth-order valence-electron chi connectivity index (χ4n) is 2.05. The van der Waals surface area contributed by atoms with Crippen LogP contribution in [0, 0.1) is 11.7 Å². The van der Waals surface area contributed by atoms with E-state index in [4.69, 9.17) is 5.53 Å². The van der Waals surface area contributed by atoms with Crippen LogP contribution in [0.5, 0.6) is 5.75 Å². The zero-order chi connectivity index (χ0) is 14.0. The number of azide groups is 1. The predicted molar refractivity (Wildman–Crippen MR) is 70.2 cm³/mol. The summed E-state index contributed by atoms with van der Waals surface area (Å²) >= 11 is 3.12. The third kappa shape index (κ3) is 2.80. The van der Waals surface area contributed by atoms with Gasteiger partial charge < -0.3 is 10.0 Å². The van der Waals surface area contributed by atoms with Crippen molar-refractivity contribution < 1.29 is 14.3 Å². The van der Waals surface area contributed by atoms with Crippen LogP contribution in [0.2, 0.25) is 0 Å². The second kappa shape index (κ2) is 5.46. The normalized spacial score (nSPS) is 18.5. The number of phenolic OH excluding ortho intramolecular Hbond substituents is 1. The first-order chi connectivity index (χ1) is 9.02. The summed E-state index contributed by atoms with van der Waals surface area (Å²) < 4.78 is 13.9. The van der Waals surface area contributed by atoms with Gasteiger partial charge in [0, 0.05) is 28.9 Å². The zero-order valence-corrected chi connectivity index (χ0v) is 11.3. The van der Waals surface area contributed by atoms with E-state index in [-0.39, 0.29) is 30.5 Å². The van der Waals surface area contributed by atoms with Gasteiger partial charge in [0.05, 0.1) is 5.69 Å². The fraction of sp³-hybridized carbons (Fsp3) is 0.364. The maximum absolute atomic E-state index is 13.4. The average molecular weight is 329 g/mol. The second-order valence-corrected chi connectivity index (χ2v) is 5.16. The number of phenols is 1. The number of aromatic hydroxyl groups is 1. The van der Waals surface area contributed by atoms with Crippen LogP contribution >= 0.6 is 15.9 Å².